The van der Waals surface area contributed by atoms with Crippen LogP contribution in [-0.4, -0.2) is 37.7 Å². The number of ether oxygens (including phenoxy) is 1. The van der Waals surface area contributed by atoms with Crippen LogP contribution in [0.3, 0.4) is 0 Å². The van der Waals surface area contributed by atoms with E-state index in [1.165, 1.54) is 19.3 Å². The Hall–Kier alpha value is -0.0800. The van der Waals surface area contributed by atoms with Crippen molar-refractivity contribution in [1.29, 1.82) is 0 Å². The molecule has 2 nitrogen and oxygen atoms in total. The zero-order valence-corrected chi connectivity index (χ0v) is 9.42. The maximum atomic E-state index is 5.64. The van der Waals surface area contributed by atoms with Gasteiger partial charge >= 0.3 is 0 Å². The highest BCUT2D eigenvalue weighted by atomic mass is 16.5. The van der Waals surface area contributed by atoms with Gasteiger partial charge in [0.25, 0.3) is 0 Å². The molecule has 3 unspecified atom stereocenters. The molecule has 1 saturated carbocycles. The molecule has 1 aliphatic rings. The number of nitrogens with zero attached hydrogens (tertiary/aromatic N) is 1. The molecule has 0 spiro atoms. The standard InChI is InChI=1S/C11H23NO/c1-5-13-9(2)10-6-7-11(8-10)12(3)4/h9-11H,5-8H2,1-4H3. The average Bonchev–Trinajstić information content (AvgIpc) is 2.52. The minimum absolute atomic E-state index is 0.454. The van der Waals surface area contributed by atoms with Crippen molar-refractivity contribution < 1.29 is 4.74 Å². The number of hydrogen-bond donors (Lipinski definition) is 0. The smallest absolute Gasteiger partial charge is 0.0575 e. The molecule has 1 rings (SSSR count). The summed E-state index contributed by atoms with van der Waals surface area (Å²) in [5, 5.41) is 0. The largest absolute Gasteiger partial charge is 0.379 e. The van der Waals surface area contributed by atoms with Crippen LogP contribution in [0.25, 0.3) is 0 Å². The molecule has 0 amide bonds. The second-order valence-electron chi connectivity index (χ2n) is 4.35. The van der Waals surface area contributed by atoms with Crippen molar-refractivity contribution in [3.63, 3.8) is 0 Å². The van der Waals surface area contributed by atoms with Crippen LogP contribution in [-0.2, 0) is 4.74 Å². The van der Waals surface area contributed by atoms with Gasteiger partial charge in [0.2, 0.25) is 0 Å². The summed E-state index contributed by atoms with van der Waals surface area (Å²) in [6.45, 7) is 5.14. The van der Waals surface area contributed by atoms with E-state index in [0.29, 0.717) is 6.10 Å². The van der Waals surface area contributed by atoms with Crippen molar-refractivity contribution in [2.75, 3.05) is 20.7 Å². The van der Waals surface area contributed by atoms with Crippen molar-refractivity contribution in [1.82, 2.24) is 4.90 Å². The Morgan fingerprint density at radius 2 is 2.08 bits per heavy atom. The Morgan fingerprint density at radius 3 is 2.54 bits per heavy atom. The first-order valence-corrected chi connectivity index (χ1v) is 5.43. The fourth-order valence-electron chi connectivity index (χ4n) is 2.29. The SMILES string of the molecule is CCOC(C)C1CCC(N(C)C)C1. The lowest BCUT2D eigenvalue weighted by Crippen LogP contribution is -2.26. The summed E-state index contributed by atoms with van der Waals surface area (Å²) in [4.78, 5) is 2.35. The van der Waals surface area contributed by atoms with E-state index >= 15 is 0 Å². The quantitative estimate of drug-likeness (QED) is 0.665. The molecule has 0 aromatic rings. The summed E-state index contributed by atoms with van der Waals surface area (Å²) in [6, 6.07) is 0.785. The maximum Gasteiger partial charge on any atom is 0.0575 e. The van der Waals surface area contributed by atoms with Crippen LogP contribution in [0.4, 0.5) is 0 Å². The van der Waals surface area contributed by atoms with Gasteiger partial charge in [-0.15, -0.1) is 0 Å². The number of rotatable bonds is 4. The highest BCUT2D eigenvalue weighted by molar-refractivity contribution is 4.83. The molecule has 3 atom stereocenters. The van der Waals surface area contributed by atoms with Crippen LogP contribution in [0.2, 0.25) is 0 Å². The molecule has 0 aromatic heterocycles. The van der Waals surface area contributed by atoms with Crippen LogP contribution >= 0.6 is 0 Å². The van der Waals surface area contributed by atoms with Crippen LogP contribution in [0.15, 0.2) is 0 Å². The Balaban J connectivity index is 2.31. The van der Waals surface area contributed by atoms with Gasteiger partial charge in [0.1, 0.15) is 0 Å². The van der Waals surface area contributed by atoms with Gasteiger partial charge in [0, 0.05) is 12.6 Å². The maximum absolute atomic E-state index is 5.64. The van der Waals surface area contributed by atoms with E-state index in [-0.39, 0.29) is 0 Å². The van der Waals surface area contributed by atoms with Crippen molar-refractivity contribution >= 4 is 0 Å². The van der Waals surface area contributed by atoms with Gasteiger partial charge in [-0.05, 0) is 53.1 Å². The fraction of sp³-hybridized carbons (Fsp3) is 1.00. The van der Waals surface area contributed by atoms with Crippen LogP contribution < -0.4 is 0 Å². The molecule has 0 saturated heterocycles. The summed E-state index contributed by atoms with van der Waals surface area (Å²) in [7, 11) is 4.36. The van der Waals surface area contributed by atoms with Crippen LogP contribution in [0, 0.1) is 5.92 Å². The molecular weight excluding hydrogens is 162 g/mol. The molecule has 78 valence electrons. The van der Waals surface area contributed by atoms with Gasteiger partial charge in [-0.2, -0.15) is 0 Å². The lowest BCUT2D eigenvalue weighted by molar-refractivity contribution is 0.0331. The van der Waals surface area contributed by atoms with Crippen molar-refractivity contribution in [2.45, 2.75) is 45.3 Å². The first kappa shape index (κ1) is 11.0. The van der Waals surface area contributed by atoms with E-state index < -0.39 is 0 Å². The Morgan fingerprint density at radius 1 is 1.38 bits per heavy atom. The fourth-order valence-corrected chi connectivity index (χ4v) is 2.29. The third kappa shape index (κ3) is 2.96. The third-order valence-electron chi connectivity index (χ3n) is 3.27. The normalized spacial score (nSPS) is 31.2. The minimum Gasteiger partial charge on any atom is -0.379 e. The van der Waals surface area contributed by atoms with E-state index in [9.17, 15) is 0 Å². The van der Waals surface area contributed by atoms with Gasteiger partial charge in [0.15, 0.2) is 0 Å². The average molecular weight is 185 g/mol. The third-order valence-corrected chi connectivity index (χ3v) is 3.27. The molecule has 1 aliphatic carbocycles. The van der Waals surface area contributed by atoms with Gasteiger partial charge in [-0.25, -0.2) is 0 Å². The summed E-state index contributed by atoms with van der Waals surface area (Å²) >= 11 is 0. The van der Waals surface area contributed by atoms with Crippen molar-refractivity contribution in [3.05, 3.63) is 0 Å². The molecule has 1 fully saturated rings. The lowest BCUT2D eigenvalue weighted by Gasteiger charge is -2.21. The summed E-state index contributed by atoms with van der Waals surface area (Å²) in [5.74, 6) is 0.785. The van der Waals surface area contributed by atoms with E-state index in [1.54, 1.807) is 0 Å². The summed E-state index contributed by atoms with van der Waals surface area (Å²) in [5.41, 5.74) is 0. The predicted molar refractivity (Wildman–Crippen MR) is 55.9 cm³/mol. The molecule has 0 N–H and O–H groups in total. The Kier molecular flexibility index (Phi) is 4.20. The van der Waals surface area contributed by atoms with Gasteiger partial charge in [-0.3, -0.25) is 0 Å². The monoisotopic (exact) mass is 185 g/mol. The highest BCUT2D eigenvalue weighted by Crippen LogP contribution is 2.31. The Bertz CT molecular complexity index is 147. The van der Waals surface area contributed by atoms with Gasteiger partial charge in [0.05, 0.1) is 6.10 Å². The summed E-state index contributed by atoms with van der Waals surface area (Å²) in [6.07, 6.45) is 4.45. The molecule has 0 heterocycles. The zero-order chi connectivity index (χ0) is 9.84. The topological polar surface area (TPSA) is 12.5 Å². The zero-order valence-electron chi connectivity index (χ0n) is 9.42. The van der Waals surface area contributed by atoms with E-state index in [2.05, 4.69) is 32.8 Å². The molecule has 0 aromatic carbocycles. The first-order valence-electron chi connectivity index (χ1n) is 5.43. The molecule has 0 bridgehead atoms. The predicted octanol–water partition coefficient (Wildman–Crippen LogP) is 2.14. The molecular formula is C11H23NO. The Labute approximate surface area is 82.3 Å². The molecule has 2 heteroatoms. The van der Waals surface area contributed by atoms with Crippen molar-refractivity contribution in [3.8, 4) is 0 Å². The van der Waals surface area contributed by atoms with E-state index in [4.69, 9.17) is 4.74 Å². The second-order valence-corrected chi connectivity index (χ2v) is 4.35. The van der Waals surface area contributed by atoms with Gasteiger partial charge in [-0.1, -0.05) is 0 Å². The number of hydrogen-bond acceptors (Lipinski definition) is 2. The lowest BCUT2D eigenvalue weighted by atomic mass is 10.0. The van der Waals surface area contributed by atoms with Crippen LogP contribution in [0.5, 0.6) is 0 Å². The first-order chi connectivity index (χ1) is 6.15. The summed E-state index contributed by atoms with van der Waals surface area (Å²) < 4.78 is 5.64. The minimum atomic E-state index is 0.454. The van der Waals surface area contributed by atoms with Crippen LogP contribution in [0.1, 0.15) is 33.1 Å². The highest BCUT2D eigenvalue weighted by Gasteiger charge is 2.29. The molecule has 0 radical (unpaired) electrons. The molecule has 13 heavy (non-hydrogen) atoms. The van der Waals surface area contributed by atoms with Crippen molar-refractivity contribution in [2.24, 2.45) is 5.92 Å². The van der Waals surface area contributed by atoms with E-state index in [1.807, 2.05) is 0 Å². The van der Waals surface area contributed by atoms with Gasteiger partial charge < -0.3 is 9.64 Å². The molecule has 0 aliphatic heterocycles. The van der Waals surface area contributed by atoms with E-state index in [0.717, 1.165) is 18.6 Å². The second kappa shape index (κ2) is 4.97.